The Hall–Kier alpha value is -3.83. The highest BCUT2D eigenvalue weighted by Crippen LogP contribution is 2.36. The Bertz CT molecular complexity index is 968. The first-order valence-corrected chi connectivity index (χ1v) is 7.58. The van der Waals surface area contributed by atoms with E-state index in [4.69, 9.17) is 15.7 Å². The van der Waals surface area contributed by atoms with Gasteiger partial charge in [0, 0.05) is 17.3 Å². The van der Waals surface area contributed by atoms with Gasteiger partial charge < -0.3 is 10.5 Å². The summed E-state index contributed by atoms with van der Waals surface area (Å²) in [6, 6.07) is 21.0. The Morgan fingerprint density at radius 3 is 2.32 bits per heavy atom. The molecule has 120 valence electrons. The standard InChI is InChI=1S/C20H14N4O/c21-10-11-25-16-8-6-15(7-9-16)19-17(12-22)20(23)24-13-18(19)14-4-2-1-3-5-14/h1-9,13H,11H2,(H2,23,24). The zero-order chi connectivity index (χ0) is 17.6. The molecule has 0 atom stereocenters. The number of nitriles is 2. The molecule has 3 aromatic rings. The van der Waals surface area contributed by atoms with Crippen molar-refractivity contribution in [3.05, 3.63) is 66.4 Å². The average Bonchev–Trinajstić information content (AvgIpc) is 2.67. The fourth-order valence-corrected chi connectivity index (χ4v) is 2.61. The molecule has 2 N–H and O–H groups in total. The molecule has 5 heteroatoms. The van der Waals surface area contributed by atoms with Crippen molar-refractivity contribution in [3.8, 4) is 40.1 Å². The van der Waals surface area contributed by atoms with Gasteiger partial charge >= 0.3 is 0 Å². The number of nitrogens with two attached hydrogens (primary N) is 1. The molecule has 0 aliphatic carbocycles. The average molecular weight is 326 g/mol. The van der Waals surface area contributed by atoms with Crippen molar-refractivity contribution in [3.63, 3.8) is 0 Å². The van der Waals surface area contributed by atoms with E-state index in [2.05, 4.69) is 11.1 Å². The van der Waals surface area contributed by atoms with E-state index < -0.39 is 0 Å². The molecule has 5 nitrogen and oxygen atoms in total. The van der Waals surface area contributed by atoms with Gasteiger partial charge in [-0.1, -0.05) is 42.5 Å². The van der Waals surface area contributed by atoms with Crippen molar-refractivity contribution in [2.45, 2.75) is 0 Å². The first kappa shape index (κ1) is 16.0. The molecule has 0 aliphatic rings. The predicted molar refractivity (Wildman–Crippen MR) is 95.3 cm³/mol. The highest BCUT2D eigenvalue weighted by atomic mass is 16.5. The van der Waals surface area contributed by atoms with Gasteiger partial charge in [-0.25, -0.2) is 4.98 Å². The van der Waals surface area contributed by atoms with Crippen LogP contribution in [-0.4, -0.2) is 11.6 Å². The Morgan fingerprint density at radius 1 is 0.960 bits per heavy atom. The fourth-order valence-electron chi connectivity index (χ4n) is 2.61. The first-order valence-electron chi connectivity index (χ1n) is 7.58. The normalized spacial score (nSPS) is 9.84. The second kappa shape index (κ2) is 7.16. The predicted octanol–water partition coefficient (Wildman–Crippen LogP) is 3.77. The van der Waals surface area contributed by atoms with E-state index in [0.717, 1.165) is 22.3 Å². The van der Waals surface area contributed by atoms with Crippen molar-refractivity contribution in [1.29, 1.82) is 10.5 Å². The Labute approximate surface area is 145 Å². The minimum atomic E-state index is -0.0136. The van der Waals surface area contributed by atoms with Crippen LogP contribution in [0.2, 0.25) is 0 Å². The lowest BCUT2D eigenvalue weighted by Crippen LogP contribution is -2.00. The summed E-state index contributed by atoms with van der Waals surface area (Å²) in [5.74, 6) is 0.786. The molecule has 1 aromatic heterocycles. The Kier molecular flexibility index (Phi) is 4.60. The monoisotopic (exact) mass is 326 g/mol. The van der Waals surface area contributed by atoms with E-state index >= 15 is 0 Å². The molecule has 2 aromatic carbocycles. The minimum absolute atomic E-state index is 0.0136. The maximum Gasteiger partial charge on any atom is 0.174 e. The van der Waals surface area contributed by atoms with E-state index in [1.807, 2.05) is 48.5 Å². The van der Waals surface area contributed by atoms with Crippen LogP contribution in [0.1, 0.15) is 5.56 Å². The third kappa shape index (κ3) is 3.26. The molecule has 0 amide bonds. The Morgan fingerprint density at radius 2 is 1.68 bits per heavy atom. The number of benzene rings is 2. The molecule has 3 rings (SSSR count). The van der Waals surface area contributed by atoms with E-state index in [0.29, 0.717) is 11.3 Å². The lowest BCUT2D eigenvalue weighted by Gasteiger charge is -2.13. The molecule has 0 bridgehead atoms. The van der Waals surface area contributed by atoms with Crippen LogP contribution >= 0.6 is 0 Å². The number of ether oxygens (including phenoxy) is 1. The maximum absolute atomic E-state index is 9.57. The van der Waals surface area contributed by atoms with Crippen molar-refractivity contribution >= 4 is 5.82 Å². The van der Waals surface area contributed by atoms with Crippen LogP contribution in [0.4, 0.5) is 5.82 Å². The molecule has 0 saturated carbocycles. The highest BCUT2D eigenvalue weighted by molar-refractivity contribution is 5.89. The van der Waals surface area contributed by atoms with Crippen molar-refractivity contribution < 1.29 is 4.74 Å². The minimum Gasteiger partial charge on any atom is -0.479 e. The van der Waals surface area contributed by atoms with Crippen LogP contribution in [0.25, 0.3) is 22.3 Å². The summed E-state index contributed by atoms with van der Waals surface area (Å²) >= 11 is 0. The van der Waals surface area contributed by atoms with Crippen molar-refractivity contribution in [2.75, 3.05) is 12.3 Å². The molecule has 1 heterocycles. The van der Waals surface area contributed by atoms with Crippen LogP contribution in [0.5, 0.6) is 5.75 Å². The topological polar surface area (TPSA) is 95.7 Å². The molecular formula is C20H14N4O. The van der Waals surface area contributed by atoms with Gasteiger partial charge in [-0.05, 0) is 23.3 Å². The zero-order valence-corrected chi connectivity index (χ0v) is 13.3. The second-order valence-corrected chi connectivity index (χ2v) is 5.26. The van der Waals surface area contributed by atoms with Crippen LogP contribution in [0.3, 0.4) is 0 Å². The van der Waals surface area contributed by atoms with E-state index in [-0.39, 0.29) is 12.4 Å². The number of anilines is 1. The quantitative estimate of drug-likeness (QED) is 0.787. The van der Waals surface area contributed by atoms with E-state index in [1.54, 1.807) is 18.3 Å². The third-order valence-electron chi connectivity index (χ3n) is 3.75. The first-order chi connectivity index (χ1) is 12.2. The van der Waals surface area contributed by atoms with E-state index in [1.165, 1.54) is 0 Å². The van der Waals surface area contributed by atoms with Gasteiger partial charge in [-0.15, -0.1) is 0 Å². The molecule has 0 radical (unpaired) electrons. The molecule has 0 aliphatic heterocycles. The number of hydrogen-bond donors (Lipinski definition) is 1. The fraction of sp³-hybridized carbons (Fsp3) is 0.0500. The summed E-state index contributed by atoms with van der Waals surface area (Å²) in [5.41, 5.74) is 9.60. The van der Waals surface area contributed by atoms with Gasteiger partial charge in [-0.2, -0.15) is 10.5 Å². The van der Waals surface area contributed by atoms with Crippen molar-refractivity contribution in [2.24, 2.45) is 0 Å². The maximum atomic E-state index is 9.57. The molecule has 0 fully saturated rings. The van der Waals surface area contributed by atoms with Crippen LogP contribution in [0, 0.1) is 22.7 Å². The summed E-state index contributed by atoms with van der Waals surface area (Å²) in [7, 11) is 0. The summed E-state index contributed by atoms with van der Waals surface area (Å²) < 4.78 is 5.28. The largest absolute Gasteiger partial charge is 0.479 e. The lowest BCUT2D eigenvalue weighted by atomic mass is 9.92. The van der Waals surface area contributed by atoms with Crippen LogP contribution in [-0.2, 0) is 0 Å². The molecule has 0 spiro atoms. The number of nitrogens with zero attached hydrogens (tertiary/aromatic N) is 3. The number of aromatic nitrogens is 1. The number of rotatable bonds is 4. The zero-order valence-electron chi connectivity index (χ0n) is 13.3. The molecular weight excluding hydrogens is 312 g/mol. The molecule has 0 saturated heterocycles. The van der Waals surface area contributed by atoms with Crippen LogP contribution < -0.4 is 10.5 Å². The van der Waals surface area contributed by atoms with Gasteiger partial charge in [0.25, 0.3) is 0 Å². The van der Waals surface area contributed by atoms with Gasteiger partial charge in [0.05, 0.1) is 0 Å². The van der Waals surface area contributed by atoms with Gasteiger partial charge in [0.1, 0.15) is 29.3 Å². The van der Waals surface area contributed by atoms with Crippen LogP contribution in [0.15, 0.2) is 60.8 Å². The smallest absolute Gasteiger partial charge is 0.174 e. The van der Waals surface area contributed by atoms with E-state index in [9.17, 15) is 5.26 Å². The molecule has 25 heavy (non-hydrogen) atoms. The van der Waals surface area contributed by atoms with Gasteiger partial charge in [0.2, 0.25) is 0 Å². The van der Waals surface area contributed by atoms with Gasteiger partial charge in [-0.3, -0.25) is 0 Å². The summed E-state index contributed by atoms with van der Waals surface area (Å²) in [4.78, 5) is 4.17. The van der Waals surface area contributed by atoms with Gasteiger partial charge in [0.15, 0.2) is 6.61 Å². The molecule has 0 unspecified atom stereocenters. The Balaban J connectivity index is 2.16. The highest BCUT2D eigenvalue weighted by Gasteiger charge is 2.16. The number of nitrogen functional groups attached to an aromatic ring is 1. The SMILES string of the molecule is N#CCOc1ccc(-c2c(-c3ccccc3)cnc(N)c2C#N)cc1. The second-order valence-electron chi connectivity index (χ2n) is 5.26. The summed E-state index contributed by atoms with van der Waals surface area (Å²) in [6.07, 6.45) is 1.68. The summed E-state index contributed by atoms with van der Waals surface area (Å²) in [5, 5.41) is 18.2. The summed E-state index contributed by atoms with van der Waals surface area (Å²) in [6.45, 7) is -0.0136. The lowest BCUT2D eigenvalue weighted by molar-refractivity contribution is 0.368. The van der Waals surface area contributed by atoms with Crippen molar-refractivity contribution in [1.82, 2.24) is 4.98 Å². The number of hydrogen-bond acceptors (Lipinski definition) is 5. The third-order valence-corrected chi connectivity index (χ3v) is 3.75. The number of pyridine rings is 1.